The Hall–Kier alpha value is -1.26. The average molecular weight is 297 g/mol. The molecule has 21 heavy (non-hydrogen) atoms. The van der Waals surface area contributed by atoms with Crippen LogP contribution in [0.25, 0.3) is 0 Å². The first-order valence-corrected chi connectivity index (χ1v) is 8.16. The Labute approximate surface area is 131 Å². The molecule has 0 spiro atoms. The van der Waals surface area contributed by atoms with E-state index in [4.69, 9.17) is 5.73 Å². The van der Waals surface area contributed by atoms with Crippen molar-refractivity contribution in [2.75, 3.05) is 43.9 Å². The first-order valence-electron chi connectivity index (χ1n) is 8.16. The van der Waals surface area contributed by atoms with Crippen LogP contribution in [0.4, 0.5) is 11.4 Å². The summed E-state index contributed by atoms with van der Waals surface area (Å²) in [5.41, 5.74) is 12.2. The maximum atomic E-state index is 5.63. The van der Waals surface area contributed by atoms with Crippen molar-refractivity contribution < 1.29 is 0 Å². The van der Waals surface area contributed by atoms with Crippen LogP contribution in [-0.4, -0.2) is 33.2 Å². The van der Waals surface area contributed by atoms with Gasteiger partial charge in [-0.15, -0.1) is 0 Å². The third-order valence-electron chi connectivity index (χ3n) is 2.88. The molecule has 0 aromatic heterocycles. The molecule has 0 amide bonds. The Morgan fingerprint density at radius 3 is 1.76 bits per heavy atom. The first kappa shape index (κ1) is 22.0. The number of piperazine rings is 1. The maximum Gasteiger partial charge on any atom is 0.0368 e. The number of anilines is 2. The summed E-state index contributed by atoms with van der Waals surface area (Å²) in [5.74, 6) is 0. The Morgan fingerprint density at radius 2 is 1.38 bits per heavy atom. The molecule has 1 heterocycles. The minimum Gasteiger partial charge on any atom is -0.399 e. The predicted molar refractivity (Wildman–Crippen MR) is 98.0 cm³/mol. The zero-order valence-electron chi connectivity index (χ0n) is 14.7. The van der Waals surface area contributed by atoms with Crippen LogP contribution >= 0.6 is 0 Å². The van der Waals surface area contributed by atoms with E-state index in [9.17, 15) is 0 Å². The Bertz CT molecular complexity index is 290. The predicted octanol–water partition coefficient (Wildman–Crippen LogP) is 3.09. The number of nitrogens with zero attached hydrogens (tertiary/aromatic N) is 1. The van der Waals surface area contributed by atoms with Crippen molar-refractivity contribution in [3.63, 3.8) is 0 Å². The van der Waals surface area contributed by atoms with Crippen LogP contribution in [0.1, 0.15) is 40.5 Å². The Morgan fingerprint density at radius 1 is 0.952 bits per heavy atom. The van der Waals surface area contributed by atoms with Crippen LogP contribution in [0, 0.1) is 0 Å². The number of rotatable bonds is 2. The number of nitrogens with one attached hydrogen (secondary N) is 1. The van der Waals surface area contributed by atoms with Gasteiger partial charge in [0.1, 0.15) is 0 Å². The molecule has 2 rings (SSSR count). The molecule has 0 bridgehead atoms. The molecule has 5 N–H and O–H groups in total. The summed E-state index contributed by atoms with van der Waals surface area (Å²) in [6, 6.07) is 8.08. The zero-order valence-corrected chi connectivity index (χ0v) is 14.7. The molecule has 1 fully saturated rings. The molecule has 4 nitrogen and oxygen atoms in total. The van der Waals surface area contributed by atoms with Gasteiger partial charge in [0.05, 0.1) is 0 Å². The molecule has 1 aliphatic heterocycles. The summed E-state index contributed by atoms with van der Waals surface area (Å²) in [7, 11) is 1.50. The van der Waals surface area contributed by atoms with Gasteiger partial charge in [-0.2, -0.15) is 0 Å². The van der Waals surface area contributed by atoms with Crippen molar-refractivity contribution in [3.05, 3.63) is 24.3 Å². The molecule has 0 unspecified atom stereocenters. The lowest BCUT2D eigenvalue weighted by Gasteiger charge is -2.29. The van der Waals surface area contributed by atoms with Crippen LogP contribution in [-0.2, 0) is 0 Å². The number of unbranched alkanes of at least 4 members (excludes halogenated alkanes) is 1. The van der Waals surface area contributed by atoms with Crippen LogP contribution in [0.2, 0.25) is 0 Å². The third-order valence-corrected chi connectivity index (χ3v) is 2.88. The van der Waals surface area contributed by atoms with Crippen LogP contribution in [0.15, 0.2) is 24.3 Å². The molecule has 1 aromatic rings. The van der Waals surface area contributed by atoms with Crippen molar-refractivity contribution in [3.8, 4) is 0 Å². The fourth-order valence-electron chi connectivity index (χ4n) is 1.61. The van der Waals surface area contributed by atoms with E-state index in [0.717, 1.165) is 31.9 Å². The Balaban J connectivity index is 0. The summed E-state index contributed by atoms with van der Waals surface area (Å²) in [5, 5.41) is 3.33. The molecule has 0 saturated carbocycles. The van der Waals surface area contributed by atoms with E-state index in [2.05, 4.69) is 41.9 Å². The smallest absolute Gasteiger partial charge is 0.0368 e. The van der Waals surface area contributed by atoms with Gasteiger partial charge in [-0.25, -0.2) is 0 Å². The van der Waals surface area contributed by atoms with Gasteiger partial charge in [0.15, 0.2) is 0 Å². The monoisotopic (exact) mass is 296 g/mol. The highest BCUT2D eigenvalue weighted by Crippen LogP contribution is 2.16. The average Bonchev–Trinajstić information content (AvgIpc) is 2.60. The zero-order chi connectivity index (χ0) is 16.5. The maximum absolute atomic E-state index is 5.63. The summed E-state index contributed by atoms with van der Waals surface area (Å²) >= 11 is 0. The minimum absolute atomic E-state index is 0.832. The van der Waals surface area contributed by atoms with Gasteiger partial charge in [0, 0.05) is 37.6 Å². The minimum atomic E-state index is 0.832. The van der Waals surface area contributed by atoms with Crippen molar-refractivity contribution in [2.45, 2.75) is 40.5 Å². The van der Waals surface area contributed by atoms with E-state index in [1.165, 1.54) is 25.6 Å². The van der Waals surface area contributed by atoms with E-state index in [1.54, 1.807) is 0 Å². The van der Waals surface area contributed by atoms with Crippen LogP contribution in [0.3, 0.4) is 0 Å². The van der Waals surface area contributed by atoms with E-state index in [-0.39, 0.29) is 0 Å². The molecule has 4 heteroatoms. The second-order valence-corrected chi connectivity index (χ2v) is 4.33. The molecule has 0 aliphatic carbocycles. The second kappa shape index (κ2) is 16.8. The van der Waals surface area contributed by atoms with E-state index < -0.39 is 0 Å². The molecular weight excluding hydrogens is 260 g/mol. The fourth-order valence-corrected chi connectivity index (χ4v) is 1.61. The molecule has 1 aromatic carbocycles. The van der Waals surface area contributed by atoms with Crippen molar-refractivity contribution in [1.29, 1.82) is 0 Å². The van der Waals surface area contributed by atoms with Gasteiger partial charge >= 0.3 is 0 Å². The van der Waals surface area contributed by atoms with Gasteiger partial charge in [-0.3, -0.25) is 0 Å². The van der Waals surface area contributed by atoms with Gasteiger partial charge in [0.2, 0.25) is 0 Å². The summed E-state index contributed by atoms with van der Waals surface area (Å²) in [6.07, 6.45) is 2.64. The highest BCUT2D eigenvalue weighted by molar-refractivity contribution is 5.53. The topological polar surface area (TPSA) is 67.3 Å². The molecule has 1 saturated heterocycles. The Kier molecular flexibility index (Phi) is 17.6. The summed E-state index contributed by atoms with van der Waals surface area (Å²) in [4.78, 5) is 2.37. The van der Waals surface area contributed by atoms with Crippen molar-refractivity contribution in [2.24, 2.45) is 5.73 Å². The molecule has 1 aliphatic rings. The standard InChI is InChI=1S/C10H15N3.C4H10.C2H6.CH5N/c11-9-1-3-10(4-2-9)13-7-5-12-6-8-13;1-3-4-2;2*1-2/h1-4,12H,5-8,11H2;3-4H2,1-2H3;1-2H3;2H2,1H3. The summed E-state index contributed by atoms with van der Waals surface area (Å²) < 4.78 is 0. The first-order chi connectivity index (χ1) is 10.3. The lowest BCUT2D eigenvalue weighted by molar-refractivity contribution is 0.589. The van der Waals surface area contributed by atoms with Crippen molar-refractivity contribution in [1.82, 2.24) is 5.32 Å². The molecule has 0 radical (unpaired) electrons. The van der Waals surface area contributed by atoms with E-state index >= 15 is 0 Å². The molecule has 0 atom stereocenters. The van der Waals surface area contributed by atoms with Crippen molar-refractivity contribution >= 4 is 11.4 Å². The quantitative estimate of drug-likeness (QED) is 0.734. The number of hydrogen-bond acceptors (Lipinski definition) is 4. The third kappa shape index (κ3) is 11.1. The summed E-state index contributed by atoms with van der Waals surface area (Å²) in [6.45, 7) is 12.7. The van der Waals surface area contributed by atoms with Gasteiger partial charge in [-0.1, -0.05) is 40.5 Å². The normalized spacial score (nSPS) is 12.8. The van der Waals surface area contributed by atoms with Gasteiger partial charge in [-0.05, 0) is 31.3 Å². The van der Waals surface area contributed by atoms with Gasteiger partial charge < -0.3 is 21.7 Å². The number of hydrogen-bond donors (Lipinski definition) is 3. The lowest BCUT2D eigenvalue weighted by atomic mass is 10.2. The number of benzene rings is 1. The van der Waals surface area contributed by atoms with Crippen LogP contribution < -0.4 is 21.7 Å². The number of nitrogens with two attached hydrogens (primary N) is 2. The fraction of sp³-hybridized carbons (Fsp3) is 0.647. The molecular formula is C17H36N4. The molecule has 124 valence electrons. The van der Waals surface area contributed by atoms with E-state index in [0.29, 0.717) is 0 Å². The van der Waals surface area contributed by atoms with Crippen LogP contribution in [0.5, 0.6) is 0 Å². The highest BCUT2D eigenvalue weighted by Gasteiger charge is 2.09. The second-order valence-electron chi connectivity index (χ2n) is 4.33. The van der Waals surface area contributed by atoms with Gasteiger partial charge in [0.25, 0.3) is 0 Å². The largest absolute Gasteiger partial charge is 0.399 e. The number of nitrogen functional groups attached to an aromatic ring is 1. The lowest BCUT2D eigenvalue weighted by Crippen LogP contribution is -2.43. The SMILES string of the molecule is CC.CCCC.CN.Nc1ccc(N2CCNCC2)cc1. The van der Waals surface area contributed by atoms with E-state index in [1.807, 2.05) is 26.0 Å². The highest BCUT2D eigenvalue weighted by atomic mass is 15.2.